The minimum absolute atomic E-state index is 0.499. The van der Waals surface area contributed by atoms with E-state index in [1.807, 2.05) is 24.3 Å². The van der Waals surface area contributed by atoms with Gasteiger partial charge in [0.05, 0.1) is 11.9 Å². The molecule has 4 heteroatoms. The lowest BCUT2D eigenvalue weighted by atomic mass is 10.4. The van der Waals surface area contributed by atoms with E-state index in [1.54, 1.807) is 18.5 Å². The van der Waals surface area contributed by atoms with Gasteiger partial charge >= 0.3 is 0 Å². The molecular formula is C10H10N4. The van der Waals surface area contributed by atoms with Gasteiger partial charge in [-0.2, -0.15) is 0 Å². The van der Waals surface area contributed by atoms with Crippen LogP contribution in [0, 0.1) is 0 Å². The van der Waals surface area contributed by atoms with Gasteiger partial charge in [0.15, 0.2) is 0 Å². The molecular weight excluding hydrogens is 176 g/mol. The summed E-state index contributed by atoms with van der Waals surface area (Å²) in [6.07, 6.45) is 3.45. The third-order valence-corrected chi connectivity index (χ3v) is 1.70. The maximum atomic E-state index is 5.55. The Bertz CT molecular complexity index is 413. The Morgan fingerprint density at radius 2 is 2.07 bits per heavy atom. The van der Waals surface area contributed by atoms with Crippen LogP contribution in [0.25, 0.3) is 0 Å². The second-order valence-electron chi connectivity index (χ2n) is 2.81. The van der Waals surface area contributed by atoms with Gasteiger partial charge in [-0.1, -0.05) is 6.07 Å². The van der Waals surface area contributed by atoms with Crippen molar-refractivity contribution in [3.63, 3.8) is 0 Å². The van der Waals surface area contributed by atoms with E-state index in [0.717, 1.165) is 11.5 Å². The molecule has 2 aromatic heterocycles. The first-order chi connectivity index (χ1) is 6.84. The summed E-state index contributed by atoms with van der Waals surface area (Å²) in [5, 5.41) is 3.09. The van der Waals surface area contributed by atoms with Gasteiger partial charge in [-0.05, 0) is 24.3 Å². The first-order valence-electron chi connectivity index (χ1n) is 4.24. The van der Waals surface area contributed by atoms with Crippen molar-refractivity contribution in [1.29, 1.82) is 0 Å². The number of aromatic nitrogens is 2. The van der Waals surface area contributed by atoms with Crippen LogP contribution in [0.4, 0.5) is 17.3 Å². The van der Waals surface area contributed by atoms with Gasteiger partial charge in [-0.15, -0.1) is 0 Å². The van der Waals surface area contributed by atoms with E-state index in [0.29, 0.717) is 5.82 Å². The fourth-order valence-corrected chi connectivity index (χ4v) is 1.11. The second kappa shape index (κ2) is 3.74. The van der Waals surface area contributed by atoms with Gasteiger partial charge < -0.3 is 11.1 Å². The quantitative estimate of drug-likeness (QED) is 0.750. The van der Waals surface area contributed by atoms with Gasteiger partial charge in [-0.3, -0.25) is 4.98 Å². The summed E-state index contributed by atoms with van der Waals surface area (Å²) in [4.78, 5) is 8.09. The standard InChI is InChI=1S/C10H10N4/c11-9-4-1-5-10(14-9)13-8-3-2-6-12-7-8/h1-7H,(H3,11,13,14). The van der Waals surface area contributed by atoms with Gasteiger partial charge in [0.25, 0.3) is 0 Å². The molecule has 14 heavy (non-hydrogen) atoms. The number of hydrogen-bond donors (Lipinski definition) is 2. The smallest absolute Gasteiger partial charge is 0.132 e. The molecule has 0 unspecified atom stereocenters. The van der Waals surface area contributed by atoms with E-state index in [1.165, 1.54) is 0 Å². The van der Waals surface area contributed by atoms with E-state index < -0.39 is 0 Å². The Balaban J connectivity index is 2.19. The topological polar surface area (TPSA) is 63.8 Å². The van der Waals surface area contributed by atoms with Crippen LogP contribution in [-0.2, 0) is 0 Å². The monoisotopic (exact) mass is 186 g/mol. The summed E-state index contributed by atoms with van der Waals surface area (Å²) in [6, 6.07) is 9.21. The summed E-state index contributed by atoms with van der Waals surface area (Å²) in [6.45, 7) is 0. The lowest BCUT2D eigenvalue weighted by Crippen LogP contribution is -1.96. The van der Waals surface area contributed by atoms with E-state index in [-0.39, 0.29) is 0 Å². The van der Waals surface area contributed by atoms with Crippen molar-refractivity contribution in [3.8, 4) is 0 Å². The Kier molecular flexibility index (Phi) is 2.27. The van der Waals surface area contributed by atoms with E-state index in [2.05, 4.69) is 15.3 Å². The van der Waals surface area contributed by atoms with Crippen LogP contribution in [0.1, 0.15) is 0 Å². The Morgan fingerprint density at radius 1 is 1.14 bits per heavy atom. The number of anilines is 3. The van der Waals surface area contributed by atoms with Gasteiger partial charge in [-0.25, -0.2) is 4.98 Å². The minimum Gasteiger partial charge on any atom is -0.384 e. The summed E-state index contributed by atoms with van der Waals surface area (Å²) in [5.74, 6) is 1.22. The molecule has 3 N–H and O–H groups in total. The molecule has 0 aliphatic carbocycles. The zero-order valence-electron chi connectivity index (χ0n) is 7.51. The maximum absolute atomic E-state index is 5.55. The van der Waals surface area contributed by atoms with E-state index in [4.69, 9.17) is 5.73 Å². The van der Waals surface area contributed by atoms with Crippen molar-refractivity contribution in [2.24, 2.45) is 0 Å². The molecule has 0 saturated heterocycles. The summed E-state index contributed by atoms with van der Waals surface area (Å²) in [7, 11) is 0. The average Bonchev–Trinajstić information content (AvgIpc) is 2.19. The molecule has 0 radical (unpaired) electrons. The molecule has 0 aliphatic rings. The number of nitrogens with two attached hydrogens (primary N) is 1. The molecule has 0 fully saturated rings. The molecule has 0 bridgehead atoms. The lowest BCUT2D eigenvalue weighted by Gasteiger charge is -2.04. The van der Waals surface area contributed by atoms with Crippen molar-refractivity contribution in [1.82, 2.24) is 9.97 Å². The van der Waals surface area contributed by atoms with Crippen LogP contribution >= 0.6 is 0 Å². The molecule has 0 spiro atoms. The van der Waals surface area contributed by atoms with Crippen molar-refractivity contribution < 1.29 is 0 Å². The van der Waals surface area contributed by atoms with Crippen LogP contribution in [0.3, 0.4) is 0 Å². The second-order valence-corrected chi connectivity index (χ2v) is 2.81. The Hall–Kier alpha value is -2.10. The number of hydrogen-bond acceptors (Lipinski definition) is 4. The number of nitrogens with zero attached hydrogens (tertiary/aromatic N) is 2. The van der Waals surface area contributed by atoms with E-state index in [9.17, 15) is 0 Å². The largest absolute Gasteiger partial charge is 0.384 e. The number of pyridine rings is 2. The summed E-state index contributed by atoms with van der Waals surface area (Å²) in [5.41, 5.74) is 6.44. The first-order valence-corrected chi connectivity index (χ1v) is 4.24. The van der Waals surface area contributed by atoms with Crippen LogP contribution in [0.15, 0.2) is 42.7 Å². The molecule has 0 atom stereocenters. The van der Waals surface area contributed by atoms with Crippen molar-refractivity contribution in [2.45, 2.75) is 0 Å². The molecule has 2 rings (SSSR count). The average molecular weight is 186 g/mol. The van der Waals surface area contributed by atoms with Crippen molar-refractivity contribution >= 4 is 17.3 Å². The maximum Gasteiger partial charge on any atom is 0.132 e. The molecule has 0 saturated carbocycles. The van der Waals surface area contributed by atoms with E-state index >= 15 is 0 Å². The summed E-state index contributed by atoms with van der Waals surface area (Å²) < 4.78 is 0. The van der Waals surface area contributed by atoms with Crippen LogP contribution in [0.2, 0.25) is 0 Å². The number of rotatable bonds is 2. The molecule has 0 aromatic carbocycles. The highest BCUT2D eigenvalue weighted by Gasteiger charge is 1.94. The van der Waals surface area contributed by atoms with Gasteiger partial charge in [0.2, 0.25) is 0 Å². The zero-order chi connectivity index (χ0) is 9.80. The molecule has 2 heterocycles. The fraction of sp³-hybridized carbons (Fsp3) is 0. The van der Waals surface area contributed by atoms with Gasteiger partial charge in [0, 0.05) is 6.20 Å². The fourth-order valence-electron chi connectivity index (χ4n) is 1.11. The number of nitrogen functional groups attached to an aromatic ring is 1. The SMILES string of the molecule is Nc1cccc(Nc2cccnc2)n1. The third kappa shape index (κ3) is 1.98. The van der Waals surface area contributed by atoms with Crippen molar-refractivity contribution in [3.05, 3.63) is 42.7 Å². The first kappa shape index (κ1) is 8.50. The normalized spacial score (nSPS) is 9.71. The highest BCUT2D eigenvalue weighted by molar-refractivity contribution is 5.56. The molecule has 4 nitrogen and oxygen atoms in total. The number of nitrogens with one attached hydrogen (secondary N) is 1. The van der Waals surface area contributed by atoms with Crippen LogP contribution in [-0.4, -0.2) is 9.97 Å². The van der Waals surface area contributed by atoms with Gasteiger partial charge in [0.1, 0.15) is 11.6 Å². The minimum atomic E-state index is 0.499. The molecule has 0 amide bonds. The molecule has 0 aliphatic heterocycles. The summed E-state index contributed by atoms with van der Waals surface area (Å²) >= 11 is 0. The van der Waals surface area contributed by atoms with Crippen molar-refractivity contribution in [2.75, 3.05) is 11.1 Å². The predicted octanol–water partition coefficient (Wildman–Crippen LogP) is 1.80. The Morgan fingerprint density at radius 3 is 2.79 bits per heavy atom. The predicted molar refractivity (Wildman–Crippen MR) is 56.2 cm³/mol. The van der Waals surface area contributed by atoms with Crippen LogP contribution in [0.5, 0.6) is 0 Å². The van der Waals surface area contributed by atoms with Crippen LogP contribution < -0.4 is 11.1 Å². The Labute approximate surface area is 81.8 Å². The highest BCUT2D eigenvalue weighted by Crippen LogP contribution is 2.13. The highest BCUT2D eigenvalue weighted by atomic mass is 15.0. The lowest BCUT2D eigenvalue weighted by molar-refractivity contribution is 1.28. The zero-order valence-corrected chi connectivity index (χ0v) is 7.51. The molecule has 70 valence electrons. The molecule has 2 aromatic rings. The third-order valence-electron chi connectivity index (χ3n) is 1.70.